The van der Waals surface area contributed by atoms with Crippen molar-refractivity contribution >= 4 is 11.8 Å². The lowest BCUT2D eigenvalue weighted by atomic mass is 9.98. The smallest absolute Gasteiger partial charge is 0.129 e. The summed E-state index contributed by atoms with van der Waals surface area (Å²) >= 11 is 1.48. The number of fused-ring (bicyclic) bond motifs is 1. The van der Waals surface area contributed by atoms with Crippen LogP contribution in [0.25, 0.3) is 0 Å². The topological polar surface area (TPSA) is 20.2 Å². The van der Waals surface area contributed by atoms with Gasteiger partial charge < -0.3 is 5.11 Å². The van der Waals surface area contributed by atoms with Crippen molar-refractivity contribution in [2.24, 2.45) is 0 Å². The first-order valence-electron chi connectivity index (χ1n) is 4.91. The molecule has 2 atom stereocenters. The molecule has 2 rings (SSSR count). The van der Waals surface area contributed by atoms with E-state index in [1.165, 1.54) is 11.8 Å². The van der Waals surface area contributed by atoms with Crippen LogP contribution in [0.2, 0.25) is 0 Å². The van der Waals surface area contributed by atoms with E-state index in [-0.39, 0.29) is 10.8 Å². The van der Waals surface area contributed by atoms with Gasteiger partial charge in [0, 0.05) is 22.1 Å². The maximum Gasteiger partial charge on any atom is 0.129 e. The van der Waals surface area contributed by atoms with Crippen LogP contribution >= 0.6 is 11.8 Å². The summed E-state index contributed by atoms with van der Waals surface area (Å²) in [6, 6.07) is 2.20. The molecule has 0 radical (unpaired) electrons. The Balaban J connectivity index is 2.50. The maximum absolute atomic E-state index is 13.5. The van der Waals surface area contributed by atoms with Crippen molar-refractivity contribution < 1.29 is 13.9 Å². The molecule has 1 nitrogen and oxygen atoms in total. The molecular weight excluding hydrogens is 218 g/mol. The molecule has 0 saturated carbocycles. The van der Waals surface area contributed by atoms with Crippen LogP contribution in [0.5, 0.6) is 0 Å². The van der Waals surface area contributed by atoms with E-state index >= 15 is 0 Å². The van der Waals surface area contributed by atoms with Crippen molar-refractivity contribution in [3.05, 3.63) is 34.9 Å². The average Bonchev–Trinajstić information content (AvgIpc) is 2.23. The molecule has 1 N–H and O–H groups in total. The Labute approximate surface area is 91.5 Å². The van der Waals surface area contributed by atoms with Crippen LogP contribution < -0.4 is 0 Å². The van der Waals surface area contributed by atoms with Crippen LogP contribution in [0.4, 0.5) is 8.78 Å². The van der Waals surface area contributed by atoms with E-state index < -0.39 is 17.7 Å². The van der Waals surface area contributed by atoms with Gasteiger partial charge in [-0.05, 0) is 18.6 Å². The van der Waals surface area contributed by atoms with Gasteiger partial charge in [0.15, 0.2) is 0 Å². The summed E-state index contributed by atoms with van der Waals surface area (Å²) in [6.07, 6.45) is -0.138. The average molecular weight is 230 g/mol. The fourth-order valence-corrected chi connectivity index (χ4v) is 3.11. The summed E-state index contributed by atoms with van der Waals surface area (Å²) in [5.41, 5.74) is 0.470. The fraction of sp³-hybridized carbons (Fsp3) is 0.455. The Morgan fingerprint density at radius 3 is 2.73 bits per heavy atom. The fourth-order valence-electron chi connectivity index (χ4n) is 1.88. The molecule has 82 valence electrons. The Bertz CT molecular complexity index is 381. The molecular formula is C11H12F2OS. The minimum Gasteiger partial charge on any atom is -0.387 e. The Hall–Kier alpha value is -0.610. The molecule has 1 aromatic rings. The largest absolute Gasteiger partial charge is 0.387 e. The van der Waals surface area contributed by atoms with E-state index in [1.807, 2.05) is 6.92 Å². The summed E-state index contributed by atoms with van der Waals surface area (Å²) in [6.45, 7) is 1.93. The highest BCUT2D eigenvalue weighted by molar-refractivity contribution is 7.99. The monoisotopic (exact) mass is 230 g/mol. The van der Waals surface area contributed by atoms with E-state index in [1.54, 1.807) is 0 Å². The number of halogens is 2. The minimum atomic E-state index is -0.889. The van der Waals surface area contributed by atoms with E-state index in [0.29, 0.717) is 11.3 Å². The van der Waals surface area contributed by atoms with Crippen LogP contribution in [-0.4, -0.2) is 10.4 Å². The minimum absolute atomic E-state index is 0.0335. The number of hydrogen-bond acceptors (Lipinski definition) is 2. The van der Waals surface area contributed by atoms with Crippen molar-refractivity contribution in [2.45, 2.75) is 30.5 Å². The van der Waals surface area contributed by atoms with Gasteiger partial charge in [0.2, 0.25) is 0 Å². The van der Waals surface area contributed by atoms with Crippen molar-refractivity contribution in [1.82, 2.24) is 0 Å². The summed E-state index contributed by atoms with van der Waals surface area (Å²) in [7, 11) is 0. The third-order valence-corrected chi connectivity index (χ3v) is 4.21. The zero-order valence-electron chi connectivity index (χ0n) is 8.34. The second-order valence-electron chi connectivity index (χ2n) is 3.62. The van der Waals surface area contributed by atoms with Crippen molar-refractivity contribution in [3.63, 3.8) is 0 Å². The van der Waals surface area contributed by atoms with Gasteiger partial charge in [-0.1, -0.05) is 6.92 Å². The van der Waals surface area contributed by atoms with Gasteiger partial charge in [-0.15, -0.1) is 0 Å². The van der Waals surface area contributed by atoms with E-state index in [2.05, 4.69) is 0 Å². The molecule has 1 heterocycles. The van der Waals surface area contributed by atoms with Gasteiger partial charge >= 0.3 is 0 Å². The highest BCUT2D eigenvalue weighted by Crippen LogP contribution is 2.41. The van der Waals surface area contributed by atoms with E-state index in [4.69, 9.17) is 0 Å². The van der Waals surface area contributed by atoms with Crippen molar-refractivity contribution in [1.29, 1.82) is 0 Å². The van der Waals surface area contributed by atoms with E-state index in [0.717, 1.165) is 18.6 Å². The lowest BCUT2D eigenvalue weighted by Gasteiger charge is -2.29. The van der Waals surface area contributed by atoms with E-state index in [9.17, 15) is 13.9 Å². The third-order valence-electron chi connectivity index (χ3n) is 2.74. The normalized spacial score (nSPS) is 25.1. The van der Waals surface area contributed by atoms with Gasteiger partial charge in [-0.25, -0.2) is 8.78 Å². The second kappa shape index (κ2) is 4.10. The van der Waals surface area contributed by atoms with Gasteiger partial charge in [0.05, 0.1) is 6.10 Å². The quantitative estimate of drug-likeness (QED) is 0.800. The summed E-state index contributed by atoms with van der Waals surface area (Å²) in [5.74, 6) is -0.487. The first-order chi connectivity index (χ1) is 7.15. The molecule has 0 bridgehead atoms. The Morgan fingerprint density at radius 2 is 2.07 bits per heavy atom. The van der Waals surface area contributed by atoms with Gasteiger partial charge in [0.25, 0.3) is 0 Å². The lowest BCUT2D eigenvalue weighted by molar-refractivity contribution is 0.164. The standard InChI is InChI=1S/C11H12F2OS/c1-2-9-11(14)10-6(5-15-9)7(12)3-4-8(10)13/h3-4,9,11,14H,2,5H2,1H3. The zero-order chi connectivity index (χ0) is 11.0. The summed E-state index contributed by atoms with van der Waals surface area (Å²) < 4.78 is 26.8. The molecule has 0 aromatic heterocycles. The molecule has 0 aliphatic carbocycles. The maximum atomic E-state index is 13.5. The van der Waals surface area contributed by atoms with Crippen LogP contribution in [0.3, 0.4) is 0 Å². The van der Waals surface area contributed by atoms with Gasteiger partial charge in [-0.2, -0.15) is 11.8 Å². The molecule has 4 heteroatoms. The number of rotatable bonds is 1. The van der Waals surface area contributed by atoms with Crippen LogP contribution in [0.15, 0.2) is 12.1 Å². The molecule has 0 saturated heterocycles. The highest BCUT2D eigenvalue weighted by Gasteiger charge is 2.31. The molecule has 0 amide bonds. The predicted octanol–water partition coefficient (Wildman–Crippen LogP) is 3.02. The molecule has 1 aromatic carbocycles. The van der Waals surface area contributed by atoms with Crippen LogP contribution in [0, 0.1) is 11.6 Å². The highest BCUT2D eigenvalue weighted by atomic mass is 32.2. The number of benzene rings is 1. The number of aliphatic hydroxyl groups is 1. The first kappa shape index (κ1) is 10.9. The third kappa shape index (κ3) is 1.76. The van der Waals surface area contributed by atoms with Crippen LogP contribution in [0.1, 0.15) is 30.6 Å². The van der Waals surface area contributed by atoms with Crippen molar-refractivity contribution in [2.75, 3.05) is 0 Å². The zero-order valence-corrected chi connectivity index (χ0v) is 9.15. The molecule has 1 aliphatic rings. The molecule has 2 unspecified atom stereocenters. The first-order valence-corrected chi connectivity index (χ1v) is 5.96. The molecule has 15 heavy (non-hydrogen) atoms. The van der Waals surface area contributed by atoms with Crippen LogP contribution in [-0.2, 0) is 5.75 Å². The number of hydrogen-bond donors (Lipinski definition) is 1. The Morgan fingerprint density at radius 1 is 1.40 bits per heavy atom. The number of thioether (sulfide) groups is 1. The molecule has 1 aliphatic heterocycles. The second-order valence-corrected chi connectivity index (χ2v) is 4.85. The molecule has 0 spiro atoms. The van der Waals surface area contributed by atoms with Crippen molar-refractivity contribution in [3.8, 4) is 0 Å². The van der Waals surface area contributed by atoms with Gasteiger partial charge in [-0.3, -0.25) is 0 Å². The van der Waals surface area contributed by atoms with Gasteiger partial charge in [0.1, 0.15) is 11.6 Å². The number of aliphatic hydroxyl groups excluding tert-OH is 1. The summed E-state index contributed by atoms with van der Waals surface area (Å²) in [5, 5.41) is 9.87. The Kier molecular flexibility index (Phi) is 2.98. The summed E-state index contributed by atoms with van der Waals surface area (Å²) in [4.78, 5) is 0. The molecule has 0 fully saturated rings. The lowest BCUT2D eigenvalue weighted by Crippen LogP contribution is -2.22. The predicted molar refractivity (Wildman–Crippen MR) is 56.7 cm³/mol. The SMILES string of the molecule is CCC1SCc2c(F)ccc(F)c2C1O.